The first-order valence-electron chi connectivity index (χ1n) is 6.30. The molecule has 0 aliphatic carbocycles. The van der Waals surface area contributed by atoms with Gasteiger partial charge in [0.15, 0.2) is 0 Å². The van der Waals surface area contributed by atoms with Gasteiger partial charge in [-0.15, -0.1) is 0 Å². The van der Waals surface area contributed by atoms with Crippen molar-refractivity contribution in [1.82, 2.24) is 9.88 Å². The van der Waals surface area contributed by atoms with Crippen LogP contribution in [0.1, 0.15) is 26.3 Å². The molecule has 0 saturated carbocycles. The Kier molecular flexibility index (Phi) is 3.85. The number of nitrogens with one attached hydrogen (secondary N) is 1. The lowest BCUT2D eigenvalue weighted by Crippen LogP contribution is -2.51. The third-order valence-electron chi connectivity index (χ3n) is 3.02. The summed E-state index contributed by atoms with van der Waals surface area (Å²) >= 11 is 0. The van der Waals surface area contributed by atoms with Gasteiger partial charge in [0, 0.05) is 25.8 Å². The van der Waals surface area contributed by atoms with Crippen molar-refractivity contribution in [1.29, 1.82) is 0 Å². The largest absolute Gasteiger partial charge is 0.370 e. The van der Waals surface area contributed by atoms with Gasteiger partial charge in [0.25, 0.3) is 0 Å². The first-order valence-corrected chi connectivity index (χ1v) is 6.30. The van der Waals surface area contributed by atoms with Gasteiger partial charge in [0.1, 0.15) is 5.82 Å². The van der Waals surface area contributed by atoms with Gasteiger partial charge in [0.05, 0.1) is 11.7 Å². The second-order valence-electron chi connectivity index (χ2n) is 5.55. The number of ether oxygens (including phenoxy) is 1. The van der Waals surface area contributed by atoms with Gasteiger partial charge in [-0.1, -0.05) is 6.07 Å². The lowest BCUT2D eigenvalue weighted by molar-refractivity contribution is -0.130. The molecule has 0 amide bonds. The molecule has 1 aliphatic heterocycles. The highest BCUT2D eigenvalue weighted by Gasteiger charge is 2.31. The maximum Gasteiger partial charge on any atom is 0.139 e. The van der Waals surface area contributed by atoms with E-state index in [1.807, 2.05) is 12.3 Å². The van der Waals surface area contributed by atoms with Crippen LogP contribution in [0.4, 0.5) is 5.82 Å². The van der Waals surface area contributed by atoms with Gasteiger partial charge >= 0.3 is 0 Å². The number of hydrogen-bond donors (Lipinski definition) is 2. The van der Waals surface area contributed by atoms with E-state index in [-0.39, 0.29) is 11.7 Å². The normalized spacial score (nSPS) is 23.9. The Morgan fingerprint density at radius 1 is 1.56 bits per heavy atom. The third-order valence-corrected chi connectivity index (χ3v) is 3.02. The maximum absolute atomic E-state index is 5.89. The van der Waals surface area contributed by atoms with Crippen LogP contribution in [-0.4, -0.2) is 34.7 Å². The van der Waals surface area contributed by atoms with E-state index >= 15 is 0 Å². The molecule has 5 heteroatoms. The summed E-state index contributed by atoms with van der Waals surface area (Å²) in [5.74, 6) is 5.99. The summed E-state index contributed by atoms with van der Waals surface area (Å²) in [5, 5.41) is 0. The minimum Gasteiger partial charge on any atom is -0.370 e. The number of aromatic nitrogens is 1. The topological polar surface area (TPSA) is 63.4 Å². The number of rotatable bonds is 3. The highest BCUT2D eigenvalue weighted by atomic mass is 16.5. The number of anilines is 1. The Hall–Kier alpha value is -1.17. The number of hydrogen-bond acceptors (Lipinski definition) is 5. The molecule has 1 aromatic rings. The molecule has 0 bridgehead atoms. The van der Waals surface area contributed by atoms with Crippen LogP contribution in [0.2, 0.25) is 0 Å². The first kappa shape index (κ1) is 13.3. The monoisotopic (exact) mass is 250 g/mol. The van der Waals surface area contributed by atoms with Gasteiger partial charge < -0.3 is 10.2 Å². The van der Waals surface area contributed by atoms with Crippen molar-refractivity contribution in [2.45, 2.75) is 39.0 Å². The SMILES string of the molecule is CC1CN(Cc2ccc(NN)nc2)CC(C)(C)O1. The van der Waals surface area contributed by atoms with Crippen molar-refractivity contribution >= 4 is 5.82 Å². The Labute approximate surface area is 108 Å². The van der Waals surface area contributed by atoms with Gasteiger partial charge in [-0.05, 0) is 32.4 Å². The molecule has 0 spiro atoms. The fourth-order valence-electron chi connectivity index (χ4n) is 2.57. The van der Waals surface area contributed by atoms with Crippen LogP contribution in [0.25, 0.3) is 0 Å². The molecule has 5 nitrogen and oxygen atoms in total. The zero-order valence-corrected chi connectivity index (χ0v) is 11.3. The van der Waals surface area contributed by atoms with Crippen LogP contribution in [0.3, 0.4) is 0 Å². The summed E-state index contributed by atoms with van der Waals surface area (Å²) in [4.78, 5) is 6.63. The second kappa shape index (κ2) is 5.22. The van der Waals surface area contributed by atoms with Crippen LogP contribution in [0, 0.1) is 0 Å². The Bertz CT molecular complexity index is 390. The zero-order chi connectivity index (χ0) is 13.2. The first-order chi connectivity index (χ1) is 8.48. The number of nitrogen functional groups attached to an aromatic ring is 1. The predicted octanol–water partition coefficient (Wildman–Crippen LogP) is 1.37. The minimum atomic E-state index is -0.0795. The number of nitrogens with two attached hydrogens (primary N) is 1. The Morgan fingerprint density at radius 3 is 2.89 bits per heavy atom. The molecule has 0 aromatic carbocycles. The van der Waals surface area contributed by atoms with Crippen LogP contribution in [0.15, 0.2) is 18.3 Å². The summed E-state index contributed by atoms with van der Waals surface area (Å²) in [7, 11) is 0. The fraction of sp³-hybridized carbons (Fsp3) is 0.615. The molecule has 100 valence electrons. The molecule has 2 rings (SSSR count). The number of pyridine rings is 1. The highest BCUT2D eigenvalue weighted by molar-refractivity contribution is 5.33. The van der Waals surface area contributed by atoms with E-state index in [9.17, 15) is 0 Å². The lowest BCUT2D eigenvalue weighted by atomic mass is 10.0. The number of hydrazine groups is 1. The zero-order valence-electron chi connectivity index (χ0n) is 11.3. The van der Waals surface area contributed by atoms with Crippen LogP contribution in [0.5, 0.6) is 0 Å². The van der Waals surface area contributed by atoms with E-state index in [1.54, 1.807) is 0 Å². The van der Waals surface area contributed by atoms with E-state index < -0.39 is 0 Å². The molecule has 1 saturated heterocycles. The predicted molar refractivity (Wildman–Crippen MR) is 72.0 cm³/mol. The van der Waals surface area contributed by atoms with Crippen molar-refractivity contribution in [3.8, 4) is 0 Å². The van der Waals surface area contributed by atoms with Gasteiger partial charge in [-0.25, -0.2) is 10.8 Å². The van der Waals surface area contributed by atoms with Gasteiger partial charge in [0.2, 0.25) is 0 Å². The molecule has 0 radical (unpaired) electrons. The number of morpholine rings is 1. The van der Waals surface area contributed by atoms with Crippen molar-refractivity contribution in [3.05, 3.63) is 23.9 Å². The summed E-state index contributed by atoms with van der Waals surface area (Å²) in [5.41, 5.74) is 3.65. The van der Waals surface area contributed by atoms with Crippen molar-refractivity contribution in [3.63, 3.8) is 0 Å². The van der Waals surface area contributed by atoms with Crippen molar-refractivity contribution in [2.75, 3.05) is 18.5 Å². The molecule has 2 heterocycles. The van der Waals surface area contributed by atoms with Crippen molar-refractivity contribution < 1.29 is 4.74 Å². The summed E-state index contributed by atoms with van der Waals surface area (Å²) < 4.78 is 5.89. The van der Waals surface area contributed by atoms with E-state index in [0.29, 0.717) is 5.82 Å². The molecule has 18 heavy (non-hydrogen) atoms. The third kappa shape index (κ3) is 3.41. The maximum atomic E-state index is 5.89. The van der Waals surface area contributed by atoms with Crippen LogP contribution in [-0.2, 0) is 11.3 Å². The molecule has 1 unspecified atom stereocenters. The average molecular weight is 250 g/mol. The van der Waals surface area contributed by atoms with E-state index in [0.717, 1.165) is 19.6 Å². The highest BCUT2D eigenvalue weighted by Crippen LogP contribution is 2.22. The quantitative estimate of drug-likeness (QED) is 0.626. The van der Waals surface area contributed by atoms with Gasteiger partial charge in [-0.3, -0.25) is 4.90 Å². The molecule has 1 fully saturated rings. The Morgan fingerprint density at radius 2 is 2.33 bits per heavy atom. The lowest BCUT2D eigenvalue weighted by Gasteiger charge is -2.41. The summed E-state index contributed by atoms with van der Waals surface area (Å²) in [6.07, 6.45) is 2.13. The Balaban J connectivity index is 1.99. The van der Waals surface area contributed by atoms with Crippen LogP contribution < -0.4 is 11.3 Å². The molecular formula is C13H22N4O. The average Bonchev–Trinajstić information content (AvgIpc) is 2.27. The fourth-order valence-corrected chi connectivity index (χ4v) is 2.57. The minimum absolute atomic E-state index is 0.0795. The summed E-state index contributed by atoms with van der Waals surface area (Å²) in [6, 6.07) is 3.94. The molecule has 1 atom stereocenters. The van der Waals surface area contributed by atoms with E-state index in [1.165, 1.54) is 5.56 Å². The van der Waals surface area contributed by atoms with E-state index in [4.69, 9.17) is 10.6 Å². The molecule has 3 N–H and O–H groups in total. The smallest absolute Gasteiger partial charge is 0.139 e. The van der Waals surface area contributed by atoms with Crippen molar-refractivity contribution in [2.24, 2.45) is 5.84 Å². The second-order valence-corrected chi connectivity index (χ2v) is 5.55. The molecule has 1 aromatic heterocycles. The van der Waals surface area contributed by atoms with E-state index in [2.05, 4.69) is 42.1 Å². The van der Waals surface area contributed by atoms with Crippen LogP contribution >= 0.6 is 0 Å². The number of nitrogens with zero attached hydrogens (tertiary/aromatic N) is 2. The molecular weight excluding hydrogens is 228 g/mol. The summed E-state index contributed by atoms with van der Waals surface area (Å²) in [6.45, 7) is 9.18. The van der Waals surface area contributed by atoms with Gasteiger partial charge in [-0.2, -0.15) is 0 Å². The standard InChI is InChI=1S/C13H22N4O/c1-10-7-17(9-13(2,3)18-10)8-11-4-5-12(16-14)15-6-11/h4-6,10H,7-9,14H2,1-3H3,(H,15,16). The molecule has 1 aliphatic rings.